The molecule has 0 atom stereocenters. The maximum atomic E-state index is 13.3. The summed E-state index contributed by atoms with van der Waals surface area (Å²) in [6.07, 6.45) is 4.83. The highest BCUT2D eigenvalue weighted by Gasteiger charge is 2.14. The smallest absolute Gasteiger partial charge is 0.282 e. The molecular weight excluding hydrogens is 520 g/mol. The topological polar surface area (TPSA) is 119 Å². The second-order valence-corrected chi connectivity index (χ2v) is 8.88. The van der Waals surface area contributed by atoms with E-state index >= 15 is 0 Å². The average molecular weight is 535 g/mol. The standard InChI is InChI=1S/C23H15BrN6O3S/c24-16-3-6-19-18(11-16)22(32)30(26-12-14-1-4-17(31)5-2-14)20(27-19)13-34-23-29-28-21(33-23)15-7-9-25-10-8-15/h1-12,31H,13H2/b26-12+. The highest BCUT2D eigenvalue weighted by molar-refractivity contribution is 9.10. The molecule has 9 nitrogen and oxygen atoms in total. The van der Waals surface area contributed by atoms with Gasteiger partial charge in [-0.1, -0.05) is 27.7 Å². The maximum Gasteiger partial charge on any atom is 0.282 e. The molecule has 0 aliphatic rings. The third kappa shape index (κ3) is 4.75. The third-order valence-corrected chi connectivity index (χ3v) is 6.06. The summed E-state index contributed by atoms with van der Waals surface area (Å²) in [7, 11) is 0. The first-order valence-electron chi connectivity index (χ1n) is 9.98. The van der Waals surface area contributed by atoms with E-state index < -0.39 is 0 Å². The number of rotatable bonds is 6. The fourth-order valence-corrected chi connectivity index (χ4v) is 4.13. The third-order valence-electron chi connectivity index (χ3n) is 4.75. The van der Waals surface area contributed by atoms with Crippen molar-refractivity contribution in [2.24, 2.45) is 5.10 Å². The summed E-state index contributed by atoms with van der Waals surface area (Å²) in [4.78, 5) is 21.9. The molecule has 0 spiro atoms. The van der Waals surface area contributed by atoms with Gasteiger partial charge in [0.05, 0.1) is 22.9 Å². The zero-order valence-corrected chi connectivity index (χ0v) is 19.8. The molecule has 0 amide bonds. The zero-order valence-electron chi connectivity index (χ0n) is 17.4. The monoisotopic (exact) mass is 534 g/mol. The van der Waals surface area contributed by atoms with Crippen LogP contribution in [0.4, 0.5) is 0 Å². The number of aromatic hydroxyl groups is 1. The lowest BCUT2D eigenvalue weighted by atomic mass is 10.2. The van der Waals surface area contributed by atoms with Crippen LogP contribution in [0.1, 0.15) is 11.4 Å². The molecule has 1 N–H and O–H groups in total. The van der Waals surface area contributed by atoms with Crippen molar-refractivity contribution in [2.75, 3.05) is 0 Å². The van der Waals surface area contributed by atoms with Crippen LogP contribution in [0.3, 0.4) is 0 Å². The number of thioether (sulfide) groups is 1. The lowest BCUT2D eigenvalue weighted by Crippen LogP contribution is -2.22. The van der Waals surface area contributed by atoms with E-state index in [1.165, 1.54) is 22.7 Å². The molecule has 0 unspecified atom stereocenters. The molecule has 5 aromatic rings. The van der Waals surface area contributed by atoms with Crippen LogP contribution in [0.15, 0.2) is 91.0 Å². The Morgan fingerprint density at radius 3 is 2.68 bits per heavy atom. The van der Waals surface area contributed by atoms with Gasteiger partial charge in [-0.3, -0.25) is 9.78 Å². The van der Waals surface area contributed by atoms with Crippen molar-refractivity contribution in [3.63, 3.8) is 0 Å². The van der Waals surface area contributed by atoms with E-state index in [-0.39, 0.29) is 17.1 Å². The number of benzene rings is 2. The van der Waals surface area contributed by atoms with Crippen molar-refractivity contribution in [3.05, 3.63) is 93.2 Å². The van der Waals surface area contributed by atoms with E-state index in [1.54, 1.807) is 60.9 Å². The molecule has 0 radical (unpaired) electrons. The van der Waals surface area contributed by atoms with Crippen LogP contribution in [0.25, 0.3) is 22.4 Å². The number of hydrogen-bond acceptors (Lipinski definition) is 9. The Labute approximate surface area is 205 Å². The Morgan fingerprint density at radius 2 is 1.88 bits per heavy atom. The van der Waals surface area contributed by atoms with E-state index in [4.69, 9.17) is 4.42 Å². The predicted octanol–water partition coefficient (Wildman–Crippen LogP) is 4.48. The first-order chi connectivity index (χ1) is 16.6. The molecule has 5 rings (SSSR count). The SMILES string of the molecule is O=c1c2cc(Br)ccc2nc(CSc2nnc(-c3ccncc3)o2)n1/N=C/c1ccc(O)cc1. The van der Waals surface area contributed by atoms with Crippen molar-refractivity contribution in [1.82, 2.24) is 24.8 Å². The summed E-state index contributed by atoms with van der Waals surface area (Å²) in [5.41, 5.74) is 1.73. The lowest BCUT2D eigenvalue weighted by Gasteiger charge is -2.08. The van der Waals surface area contributed by atoms with E-state index in [0.29, 0.717) is 27.8 Å². The predicted molar refractivity (Wildman–Crippen MR) is 132 cm³/mol. The zero-order chi connectivity index (χ0) is 23.5. The number of pyridine rings is 1. The number of halogens is 1. The molecule has 34 heavy (non-hydrogen) atoms. The van der Waals surface area contributed by atoms with Gasteiger partial charge < -0.3 is 9.52 Å². The normalized spacial score (nSPS) is 11.4. The van der Waals surface area contributed by atoms with Crippen molar-refractivity contribution in [2.45, 2.75) is 11.0 Å². The molecule has 2 aromatic carbocycles. The summed E-state index contributed by atoms with van der Waals surface area (Å²) < 4.78 is 7.76. The van der Waals surface area contributed by atoms with Crippen LogP contribution < -0.4 is 5.56 Å². The first-order valence-corrected chi connectivity index (χ1v) is 11.8. The largest absolute Gasteiger partial charge is 0.508 e. The summed E-state index contributed by atoms with van der Waals surface area (Å²) in [5, 5.41) is 22.8. The lowest BCUT2D eigenvalue weighted by molar-refractivity contribution is 0.465. The molecule has 0 saturated heterocycles. The van der Waals surface area contributed by atoms with Gasteiger partial charge >= 0.3 is 0 Å². The second kappa shape index (κ2) is 9.57. The van der Waals surface area contributed by atoms with Crippen molar-refractivity contribution < 1.29 is 9.52 Å². The van der Waals surface area contributed by atoms with Gasteiger partial charge in [0.25, 0.3) is 10.8 Å². The van der Waals surface area contributed by atoms with Crippen molar-refractivity contribution in [3.8, 4) is 17.2 Å². The molecule has 168 valence electrons. The molecule has 3 aromatic heterocycles. The Bertz CT molecular complexity index is 1550. The van der Waals surface area contributed by atoms with Gasteiger partial charge in [-0.05, 0) is 60.2 Å². The minimum absolute atomic E-state index is 0.148. The minimum Gasteiger partial charge on any atom is -0.508 e. The molecule has 0 aliphatic carbocycles. The van der Waals surface area contributed by atoms with Crippen molar-refractivity contribution >= 4 is 44.8 Å². The molecule has 0 aliphatic heterocycles. The van der Waals surface area contributed by atoms with Gasteiger partial charge in [0.15, 0.2) is 0 Å². The van der Waals surface area contributed by atoms with Crippen LogP contribution in [0.5, 0.6) is 5.75 Å². The Hall–Kier alpha value is -3.83. The maximum absolute atomic E-state index is 13.3. The summed E-state index contributed by atoms with van der Waals surface area (Å²) >= 11 is 4.65. The number of phenols is 1. The first kappa shape index (κ1) is 22.0. The minimum atomic E-state index is -0.306. The van der Waals surface area contributed by atoms with Gasteiger partial charge in [0.2, 0.25) is 5.89 Å². The summed E-state index contributed by atoms with van der Waals surface area (Å²) in [6, 6.07) is 15.4. The summed E-state index contributed by atoms with van der Waals surface area (Å²) in [5.74, 6) is 1.22. The van der Waals surface area contributed by atoms with E-state index in [9.17, 15) is 9.90 Å². The highest BCUT2D eigenvalue weighted by atomic mass is 79.9. The Morgan fingerprint density at radius 1 is 1.09 bits per heavy atom. The quantitative estimate of drug-likeness (QED) is 0.250. The second-order valence-electron chi connectivity index (χ2n) is 7.04. The van der Waals surface area contributed by atoms with Gasteiger partial charge in [0, 0.05) is 22.4 Å². The number of aromatic nitrogens is 5. The fourth-order valence-electron chi connectivity index (χ4n) is 3.10. The number of fused-ring (bicyclic) bond motifs is 1. The fraction of sp³-hybridized carbons (Fsp3) is 0.0435. The van der Waals surface area contributed by atoms with Crippen LogP contribution in [-0.4, -0.2) is 36.2 Å². The molecule has 0 fully saturated rings. The van der Waals surface area contributed by atoms with Crippen molar-refractivity contribution in [1.29, 1.82) is 0 Å². The van der Waals surface area contributed by atoms with E-state index in [0.717, 1.165) is 15.6 Å². The van der Waals surface area contributed by atoms with E-state index in [1.807, 2.05) is 6.07 Å². The molecule has 0 saturated carbocycles. The Kier molecular flexibility index (Phi) is 6.19. The number of phenolic OH excluding ortho intramolecular Hbond substituents is 1. The van der Waals surface area contributed by atoms with Crippen LogP contribution >= 0.6 is 27.7 Å². The van der Waals surface area contributed by atoms with Gasteiger partial charge in [0.1, 0.15) is 11.6 Å². The van der Waals surface area contributed by atoms with Crippen LogP contribution in [0, 0.1) is 0 Å². The summed E-state index contributed by atoms with van der Waals surface area (Å²) in [6.45, 7) is 0. The molecule has 11 heteroatoms. The number of nitrogens with zero attached hydrogens (tertiary/aromatic N) is 6. The number of hydrogen-bond donors (Lipinski definition) is 1. The van der Waals surface area contributed by atoms with Gasteiger partial charge in [-0.2, -0.15) is 9.78 Å². The van der Waals surface area contributed by atoms with Crippen LogP contribution in [0.2, 0.25) is 0 Å². The molecule has 0 bridgehead atoms. The molecular formula is C23H15BrN6O3S. The average Bonchev–Trinajstić information content (AvgIpc) is 3.33. The van der Waals surface area contributed by atoms with Gasteiger partial charge in [-0.15, -0.1) is 10.2 Å². The Balaban J connectivity index is 1.48. The van der Waals surface area contributed by atoms with Crippen LogP contribution in [-0.2, 0) is 5.75 Å². The highest BCUT2D eigenvalue weighted by Crippen LogP contribution is 2.25. The van der Waals surface area contributed by atoms with Gasteiger partial charge in [-0.25, -0.2) is 4.98 Å². The van der Waals surface area contributed by atoms with E-state index in [2.05, 4.69) is 41.2 Å². The molecule has 3 heterocycles.